The summed E-state index contributed by atoms with van der Waals surface area (Å²) in [4.78, 5) is 30.7. The quantitative estimate of drug-likeness (QED) is 0.564. The summed E-state index contributed by atoms with van der Waals surface area (Å²) in [6.07, 6.45) is 3.30. The molecule has 1 aromatic rings. The summed E-state index contributed by atoms with van der Waals surface area (Å²) in [5.74, 6) is 0.152. The third-order valence-electron chi connectivity index (χ3n) is 1.99. The van der Waals surface area contributed by atoms with Crippen LogP contribution < -0.4 is 11.1 Å². The van der Waals surface area contributed by atoms with E-state index in [1.54, 1.807) is 19.4 Å². The van der Waals surface area contributed by atoms with E-state index in [-0.39, 0.29) is 24.9 Å². The van der Waals surface area contributed by atoms with Crippen LogP contribution in [0.2, 0.25) is 0 Å². The molecule has 7 nitrogen and oxygen atoms in total. The SMILES string of the molecule is CN(Cc1ncc[nH]1)C(=O)CNC(=O)CN. The number of nitrogens with two attached hydrogens (primary N) is 1. The number of imidazole rings is 1. The number of rotatable bonds is 5. The van der Waals surface area contributed by atoms with Crippen molar-refractivity contribution >= 4 is 11.8 Å². The highest BCUT2D eigenvalue weighted by Crippen LogP contribution is 1.95. The van der Waals surface area contributed by atoms with Crippen LogP contribution in [0.3, 0.4) is 0 Å². The summed E-state index contributed by atoms with van der Waals surface area (Å²) in [6.45, 7) is 0.215. The van der Waals surface area contributed by atoms with Crippen molar-refractivity contribution in [1.29, 1.82) is 0 Å². The minimum Gasteiger partial charge on any atom is -0.347 e. The molecule has 0 aliphatic carbocycles. The molecule has 0 aliphatic rings. The van der Waals surface area contributed by atoms with E-state index in [4.69, 9.17) is 5.73 Å². The Balaban J connectivity index is 2.33. The van der Waals surface area contributed by atoms with Crippen LogP contribution in [0.25, 0.3) is 0 Å². The first kappa shape index (κ1) is 12.2. The normalized spacial score (nSPS) is 9.88. The lowest BCUT2D eigenvalue weighted by molar-refractivity contribution is -0.132. The zero-order valence-electron chi connectivity index (χ0n) is 9.06. The minimum absolute atomic E-state index is 0.0484. The number of carbonyl (C=O) groups excluding carboxylic acids is 2. The molecular formula is C9H15N5O2. The summed E-state index contributed by atoms with van der Waals surface area (Å²) in [6, 6.07) is 0. The monoisotopic (exact) mass is 225 g/mol. The smallest absolute Gasteiger partial charge is 0.242 e. The molecule has 0 saturated carbocycles. The van der Waals surface area contributed by atoms with E-state index in [2.05, 4.69) is 15.3 Å². The standard InChI is InChI=1S/C9H15N5O2/c1-14(6-7-11-2-3-12-7)9(16)5-13-8(15)4-10/h2-3H,4-6,10H2,1H3,(H,11,12)(H,13,15). The van der Waals surface area contributed by atoms with Gasteiger partial charge in [-0.15, -0.1) is 0 Å². The van der Waals surface area contributed by atoms with Gasteiger partial charge in [-0.25, -0.2) is 4.98 Å². The van der Waals surface area contributed by atoms with E-state index in [0.717, 1.165) is 0 Å². The molecular weight excluding hydrogens is 210 g/mol. The molecule has 0 spiro atoms. The zero-order chi connectivity index (χ0) is 12.0. The Morgan fingerprint density at radius 3 is 2.94 bits per heavy atom. The van der Waals surface area contributed by atoms with Crippen molar-refractivity contribution in [2.24, 2.45) is 5.73 Å². The molecule has 0 bridgehead atoms. The number of aromatic amines is 1. The molecule has 0 radical (unpaired) electrons. The molecule has 88 valence electrons. The minimum atomic E-state index is -0.347. The summed E-state index contributed by atoms with van der Waals surface area (Å²) >= 11 is 0. The fourth-order valence-corrected chi connectivity index (χ4v) is 1.08. The van der Waals surface area contributed by atoms with Gasteiger partial charge in [0, 0.05) is 19.4 Å². The van der Waals surface area contributed by atoms with E-state index in [9.17, 15) is 9.59 Å². The largest absolute Gasteiger partial charge is 0.347 e. The van der Waals surface area contributed by atoms with Crippen LogP contribution in [0.15, 0.2) is 12.4 Å². The summed E-state index contributed by atoms with van der Waals surface area (Å²) in [7, 11) is 1.64. The van der Waals surface area contributed by atoms with Gasteiger partial charge in [-0.3, -0.25) is 9.59 Å². The first-order chi connectivity index (χ1) is 7.63. The van der Waals surface area contributed by atoms with Crippen molar-refractivity contribution in [3.63, 3.8) is 0 Å². The lowest BCUT2D eigenvalue weighted by Crippen LogP contribution is -2.40. The maximum atomic E-state index is 11.5. The lowest BCUT2D eigenvalue weighted by Gasteiger charge is -2.15. The second-order valence-electron chi connectivity index (χ2n) is 3.27. The average molecular weight is 225 g/mol. The van der Waals surface area contributed by atoms with Crippen molar-refractivity contribution in [1.82, 2.24) is 20.2 Å². The van der Waals surface area contributed by atoms with Gasteiger partial charge in [0.2, 0.25) is 11.8 Å². The van der Waals surface area contributed by atoms with Crippen LogP contribution in [0.5, 0.6) is 0 Å². The number of hydrogen-bond donors (Lipinski definition) is 3. The van der Waals surface area contributed by atoms with Crippen molar-refractivity contribution < 1.29 is 9.59 Å². The maximum absolute atomic E-state index is 11.5. The molecule has 7 heteroatoms. The molecule has 0 aromatic carbocycles. The van der Waals surface area contributed by atoms with Gasteiger partial charge < -0.3 is 20.9 Å². The molecule has 0 unspecified atom stereocenters. The Morgan fingerprint density at radius 1 is 1.62 bits per heavy atom. The molecule has 1 rings (SSSR count). The Labute approximate surface area is 93.0 Å². The predicted octanol–water partition coefficient (Wildman–Crippen LogP) is -1.56. The van der Waals surface area contributed by atoms with Gasteiger partial charge in [-0.1, -0.05) is 0 Å². The molecule has 4 N–H and O–H groups in total. The highest BCUT2D eigenvalue weighted by molar-refractivity contribution is 5.85. The van der Waals surface area contributed by atoms with E-state index in [1.807, 2.05) is 0 Å². The number of likely N-dealkylation sites (N-methyl/N-ethyl adjacent to an activating group) is 1. The van der Waals surface area contributed by atoms with Crippen LogP contribution in [-0.4, -0.2) is 46.8 Å². The second-order valence-corrected chi connectivity index (χ2v) is 3.27. The van der Waals surface area contributed by atoms with E-state index < -0.39 is 0 Å². The van der Waals surface area contributed by atoms with Gasteiger partial charge in [0.15, 0.2) is 0 Å². The maximum Gasteiger partial charge on any atom is 0.242 e. The zero-order valence-corrected chi connectivity index (χ0v) is 9.06. The third-order valence-corrected chi connectivity index (χ3v) is 1.99. The van der Waals surface area contributed by atoms with Gasteiger partial charge in [0.25, 0.3) is 0 Å². The highest BCUT2D eigenvalue weighted by Gasteiger charge is 2.10. The number of nitrogens with zero attached hydrogens (tertiary/aromatic N) is 2. The molecule has 0 aliphatic heterocycles. The average Bonchev–Trinajstić information content (AvgIpc) is 2.77. The molecule has 1 heterocycles. The first-order valence-electron chi connectivity index (χ1n) is 4.82. The van der Waals surface area contributed by atoms with Gasteiger partial charge >= 0.3 is 0 Å². The Hall–Kier alpha value is -1.89. The molecule has 0 saturated heterocycles. The Morgan fingerprint density at radius 2 is 2.38 bits per heavy atom. The number of aromatic nitrogens is 2. The number of H-pyrrole nitrogens is 1. The van der Waals surface area contributed by atoms with Crippen molar-refractivity contribution in [2.75, 3.05) is 20.1 Å². The van der Waals surface area contributed by atoms with Crippen molar-refractivity contribution in [2.45, 2.75) is 6.54 Å². The van der Waals surface area contributed by atoms with Crippen LogP contribution in [-0.2, 0) is 16.1 Å². The molecule has 16 heavy (non-hydrogen) atoms. The van der Waals surface area contributed by atoms with Crippen LogP contribution in [0.1, 0.15) is 5.82 Å². The summed E-state index contributed by atoms with van der Waals surface area (Å²) < 4.78 is 0. The molecule has 1 aromatic heterocycles. The second kappa shape index (κ2) is 5.86. The number of carbonyl (C=O) groups is 2. The summed E-state index contributed by atoms with van der Waals surface area (Å²) in [5, 5.41) is 2.41. The fourth-order valence-electron chi connectivity index (χ4n) is 1.08. The van der Waals surface area contributed by atoms with E-state index >= 15 is 0 Å². The highest BCUT2D eigenvalue weighted by atomic mass is 16.2. The van der Waals surface area contributed by atoms with Gasteiger partial charge in [-0.05, 0) is 0 Å². The van der Waals surface area contributed by atoms with E-state index in [0.29, 0.717) is 12.4 Å². The van der Waals surface area contributed by atoms with Crippen LogP contribution in [0, 0.1) is 0 Å². The van der Waals surface area contributed by atoms with Crippen LogP contribution >= 0.6 is 0 Å². The fraction of sp³-hybridized carbons (Fsp3) is 0.444. The van der Waals surface area contributed by atoms with Gasteiger partial charge in [0.1, 0.15) is 5.82 Å². The van der Waals surface area contributed by atoms with Crippen molar-refractivity contribution in [3.8, 4) is 0 Å². The number of amides is 2. The number of nitrogens with one attached hydrogen (secondary N) is 2. The van der Waals surface area contributed by atoms with Crippen LogP contribution in [0.4, 0.5) is 0 Å². The first-order valence-corrected chi connectivity index (χ1v) is 4.82. The van der Waals surface area contributed by atoms with Gasteiger partial charge in [-0.2, -0.15) is 0 Å². The predicted molar refractivity (Wildman–Crippen MR) is 57.1 cm³/mol. The molecule has 0 fully saturated rings. The molecule has 0 atom stereocenters. The Bertz CT molecular complexity index is 349. The van der Waals surface area contributed by atoms with Gasteiger partial charge in [0.05, 0.1) is 19.6 Å². The summed E-state index contributed by atoms with van der Waals surface area (Å²) in [5.41, 5.74) is 5.09. The Kier molecular flexibility index (Phi) is 4.46. The lowest BCUT2D eigenvalue weighted by atomic mass is 10.4. The third kappa shape index (κ3) is 3.70. The molecule has 2 amide bonds. The topological polar surface area (TPSA) is 104 Å². The van der Waals surface area contributed by atoms with E-state index in [1.165, 1.54) is 4.90 Å². The van der Waals surface area contributed by atoms with Crippen molar-refractivity contribution in [3.05, 3.63) is 18.2 Å². The number of hydrogen-bond acceptors (Lipinski definition) is 4.